The first-order valence-electron chi connectivity index (χ1n) is 7.00. The summed E-state index contributed by atoms with van der Waals surface area (Å²) in [4.78, 5) is 12.0. The largest absolute Gasteiger partial charge is 0.392 e. The molecule has 0 aliphatic rings. The number of carbonyl (C=O) groups excluding carboxylic acids is 1. The van der Waals surface area contributed by atoms with Gasteiger partial charge in [0, 0.05) is 24.8 Å². The molecule has 21 heavy (non-hydrogen) atoms. The smallest absolute Gasteiger partial charge is 0.224 e. The maximum atomic E-state index is 12.0. The molecule has 2 N–H and O–H groups in total. The average molecular weight is 287 g/mol. The highest BCUT2D eigenvalue weighted by Gasteiger charge is 2.11. The van der Waals surface area contributed by atoms with Crippen molar-refractivity contribution < 1.29 is 9.90 Å². The number of aryl methyl sites for hydroxylation is 2. The van der Waals surface area contributed by atoms with Crippen molar-refractivity contribution >= 4 is 11.6 Å². The first-order chi connectivity index (χ1) is 10.0. The number of rotatable bonds is 5. The summed E-state index contributed by atoms with van der Waals surface area (Å²) in [5.41, 5.74) is 4.71. The second-order valence-corrected chi connectivity index (χ2v) is 5.18. The second kappa shape index (κ2) is 6.54. The number of nitrogens with zero attached hydrogens (tertiary/aromatic N) is 2. The summed E-state index contributed by atoms with van der Waals surface area (Å²) in [5.74, 6) is -0.0345. The molecule has 1 aromatic heterocycles. The predicted octanol–water partition coefficient (Wildman–Crippen LogP) is 2.10. The molecule has 0 fully saturated rings. The Bertz CT molecular complexity index is 647. The van der Waals surface area contributed by atoms with E-state index < -0.39 is 0 Å². The van der Waals surface area contributed by atoms with Crippen LogP contribution in [0.15, 0.2) is 24.3 Å². The molecule has 2 aromatic rings. The van der Waals surface area contributed by atoms with Gasteiger partial charge in [-0.1, -0.05) is 12.1 Å². The monoisotopic (exact) mass is 287 g/mol. The summed E-state index contributed by atoms with van der Waals surface area (Å²) in [6.45, 7) is 3.95. The molecular weight excluding hydrogens is 266 g/mol. The number of nitrogens with one attached hydrogen (secondary N) is 1. The summed E-state index contributed by atoms with van der Waals surface area (Å²) in [6.07, 6.45) is 1.09. The molecule has 1 aromatic carbocycles. The lowest BCUT2D eigenvalue weighted by Crippen LogP contribution is -2.13. The van der Waals surface area contributed by atoms with Crippen molar-refractivity contribution in [3.05, 3.63) is 46.8 Å². The van der Waals surface area contributed by atoms with Crippen LogP contribution in [0.5, 0.6) is 0 Å². The van der Waals surface area contributed by atoms with E-state index in [0.717, 1.165) is 22.5 Å². The van der Waals surface area contributed by atoms with Crippen LogP contribution in [-0.2, 0) is 24.9 Å². The number of aromatic nitrogens is 2. The van der Waals surface area contributed by atoms with E-state index >= 15 is 0 Å². The van der Waals surface area contributed by atoms with Gasteiger partial charge in [0.15, 0.2) is 0 Å². The zero-order chi connectivity index (χ0) is 15.4. The molecule has 0 aliphatic heterocycles. The Hall–Kier alpha value is -2.14. The van der Waals surface area contributed by atoms with E-state index in [1.165, 1.54) is 0 Å². The molecule has 5 nitrogen and oxygen atoms in total. The van der Waals surface area contributed by atoms with E-state index in [1.807, 2.05) is 43.8 Å². The zero-order valence-corrected chi connectivity index (χ0v) is 12.7. The van der Waals surface area contributed by atoms with Crippen molar-refractivity contribution in [2.24, 2.45) is 7.05 Å². The Labute approximate surface area is 124 Å². The normalized spacial score (nSPS) is 10.7. The molecule has 1 heterocycles. The average Bonchev–Trinajstić information content (AvgIpc) is 2.70. The van der Waals surface area contributed by atoms with E-state index in [4.69, 9.17) is 5.11 Å². The Morgan fingerprint density at radius 3 is 2.76 bits per heavy atom. The molecule has 0 spiro atoms. The lowest BCUT2D eigenvalue weighted by Gasteiger charge is -2.07. The molecule has 0 bridgehead atoms. The Morgan fingerprint density at radius 1 is 1.38 bits per heavy atom. The van der Waals surface area contributed by atoms with Crippen LogP contribution in [0.25, 0.3) is 0 Å². The SMILES string of the molecule is Cc1nn(C)c(C)c1CCC(=O)Nc1cccc(CO)c1. The Morgan fingerprint density at radius 2 is 2.14 bits per heavy atom. The third-order valence-corrected chi connectivity index (χ3v) is 3.65. The topological polar surface area (TPSA) is 67.2 Å². The van der Waals surface area contributed by atoms with Gasteiger partial charge in [-0.2, -0.15) is 5.10 Å². The summed E-state index contributed by atoms with van der Waals surface area (Å²) in [5, 5.41) is 16.3. The second-order valence-electron chi connectivity index (χ2n) is 5.18. The number of amides is 1. The molecule has 0 saturated heterocycles. The first-order valence-corrected chi connectivity index (χ1v) is 7.00. The van der Waals surface area contributed by atoms with Crippen LogP contribution in [-0.4, -0.2) is 20.8 Å². The molecule has 0 unspecified atom stereocenters. The lowest BCUT2D eigenvalue weighted by molar-refractivity contribution is -0.116. The minimum atomic E-state index is -0.0345. The van der Waals surface area contributed by atoms with Gasteiger partial charge in [-0.3, -0.25) is 9.48 Å². The summed E-state index contributed by atoms with van der Waals surface area (Å²) < 4.78 is 1.84. The number of carbonyl (C=O) groups is 1. The van der Waals surface area contributed by atoms with Gasteiger partial charge in [0.25, 0.3) is 0 Å². The highest BCUT2D eigenvalue weighted by atomic mass is 16.3. The van der Waals surface area contributed by atoms with E-state index in [9.17, 15) is 4.79 Å². The standard InChI is InChI=1S/C16H21N3O2/c1-11-15(12(2)19(3)18-11)7-8-16(21)17-14-6-4-5-13(9-14)10-20/h4-6,9,20H,7-8,10H2,1-3H3,(H,17,21). The van der Waals surface area contributed by atoms with E-state index in [0.29, 0.717) is 18.5 Å². The number of benzene rings is 1. The zero-order valence-electron chi connectivity index (χ0n) is 12.7. The lowest BCUT2D eigenvalue weighted by atomic mass is 10.1. The van der Waals surface area contributed by atoms with Crippen LogP contribution in [0.1, 0.15) is 28.9 Å². The van der Waals surface area contributed by atoms with Crippen molar-refractivity contribution in [2.45, 2.75) is 33.3 Å². The molecule has 2 rings (SSSR count). The highest BCUT2D eigenvalue weighted by Crippen LogP contribution is 2.15. The molecule has 0 aliphatic carbocycles. The number of aliphatic hydroxyl groups excluding tert-OH is 1. The number of anilines is 1. The molecule has 0 radical (unpaired) electrons. The van der Waals surface area contributed by atoms with Crippen LogP contribution in [0.3, 0.4) is 0 Å². The van der Waals surface area contributed by atoms with Gasteiger partial charge < -0.3 is 10.4 Å². The fourth-order valence-electron chi connectivity index (χ4n) is 2.39. The van der Waals surface area contributed by atoms with Crippen molar-refractivity contribution in [3.63, 3.8) is 0 Å². The third-order valence-electron chi connectivity index (χ3n) is 3.65. The molecule has 0 atom stereocenters. The van der Waals surface area contributed by atoms with Gasteiger partial charge in [0.2, 0.25) is 5.91 Å². The van der Waals surface area contributed by atoms with Crippen LogP contribution in [0.4, 0.5) is 5.69 Å². The maximum Gasteiger partial charge on any atom is 0.224 e. The molecule has 112 valence electrons. The predicted molar refractivity (Wildman–Crippen MR) is 82.0 cm³/mol. The van der Waals surface area contributed by atoms with Crippen molar-refractivity contribution in [2.75, 3.05) is 5.32 Å². The van der Waals surface area contributed by atoms with Crippen molar-refractivity contribution in [1.29, 1.82) is 0 Å². The van der Waals surface area contributed by atoms with Gasteiger partial charge >= 0.3 is 0 Å². The molecule has 0 saturated carbocycles. The fraction of sp³-hybridized carbons (Fsp3) is 0.375. The van der Waals surface area contributed by atoms with Gasteiger partial charge in [-0.05, 0) is 43.5 Å². The summed E-state index contributed by atoms with van der Waals surface area (Å²) in [6, 6.07) is 7.23. The number of hydrogen-bond acceptors (Lipinski definition) is 3. The molecule has 5 heteroatoms. The van der Waals surface area contributed by atoms with Crippen LogP contribution in [0, 0.1) is 13.8 Å². The van der Waals surface area contributed by atoms with Gasteiger partial charge in [0.1, 0.15) is 0 Å². The third kappa shape index (κ3) is 3.70. The number of hydrogen-bond donors (Lipinski definition) is 2. The van der Waals surface area contributed by atoms with E-state index in [2.05, 4.69) is 10.4 Å². The highest BCUT2D eigenvalue weighted by molar-refractivity contribution is 5.90. The number of aliphatic hydroxyl groups is 1. The fourth-order valence-corrected chi connectivity index (χ4v) is 2.39. The van der Waals surface area contributed by atoms with Crippen molar-refractivity contribution in [3.8, 4) is 0 Å². The maximum absolute atomic E-state index is 12.0. The minimum Gasteiger partial charge on any atom is -0.392 e. The van der Waals surface area contributed by atoms with Gasteiger partial charge in [-0.25, -0.2) is 0 Å². The summed E-state index contributed by atoms with van der Waals surface area (Å²) >= 11 is 0. The van der Waals surface area contributed by atoms with Gasteiger partial charge in [0.05, 0.1) is 12.3 Å². The Balaban J connectivity index is 1.96. The Kier molecular flexibility index (Phi) is 4.75. The minimum absolute atomic E-state index is 0.0300. The van der Waals surface area contributed by atoms with Crippen LogP contribution < -0.4 is 5.32 Å². The van der Waals surface area contributed by atoms with E-state index in [1.54, 1.807) is 6.07 Å². The first kappa shape index (κ1) is 15.3. The van der Waals surface area contributed by atoms with Gasteiger partial charge in [-0.15, -0.1) is 0 Å². The summed E-state index contributed by atoms with van der Waals surface area (Å²) in [7, 11) is 1.91. The molecule has 1 amide bonds. The van der Waals surface area contributed by atoms with Crippen LogP contribution >= 0.6 is 0 Å². The molecular formula is C16H21N3O2. The van der Waals surface area contributed by atoms with Crippen LogP contribution in [0.2, 0.25) is 0 Å². The van der Waals surface area contributed by atoms with E-state index in [-0.39, 0.29) is 12.5 Å². The van der Waals surface area contributed by atoms with Crippen molar-refractivity contribution in [1.82, 2.24) is 9.78 Å². The quantitative estimate of drug-likeness (QED) is 0.885.